The monoisotopic (exact) mass is 304 g/mol. The van der Waals surface area contributed by atoms with E-state index in [0.29, 0.717) is 13.1 Å². The lowest BCUT2D eigenvalue weighted by Gasteiger charge is -2.34. The van der Waals surface area contributed by atoms with Crippen molar-refractivity contribution >= 4 is 17.3 Å². The van der Waals surface area contributed by atoms with Crippen LogP contribution in [0.1, 0.15) is 25.8 Å². The molecule has 0 aliphatic carbocycles. The maximum Gasteiger partial charge on any atom is 0.238 e. The summed E-state index contributed by atoms with van der Waals surface area (Å²) in [4.78, 5) is 14.5. The number of fused-ring (bicyclic) bond motifs is 3. The number of nitrogens with two attached hydrogens (primary N) is 1. The molecule has 1 amide bonds. The van der Waals surface area contributed by atoms with E-state index in [2.05, 4.69) is 10.5 Å². The largest absolute Gasteiger partial charge is 0.397 e. The van der Waals surface area contributed by atoms with E-state index in [1.807, 2.05) is 36.1 Å². The van der Waals surface area contributed by atoms with Gasteiger partial charge >= 0.3 is 0 Å². The molecular formula is C16H24N4O2. The third-order valence-corrected chi connectivity index (χ3v) is 3.77. The molecule has 0 spiro atoms. The number of hydrazone groups is 1. The summed E-state index contributed by atoms with van der Waals surface area (Å²) in [7, 11) is 0. The standard InChI is InChI=1S/C14H18N4O.C2H6O/c1-9-12-13(17-16-9)10-5-2-3-6-11(10)18(14(12)19)8-4-7-15;1-2-3/h2-3,5-6,9,12,16H,4,7-8,15H2,1H3;3H,2H2,1H3. The Labute approximate surface area is 131 Å². The van der Waals surface area contributed by atoms with Crippen molar-refractivity contribution in [3.05, 3.63) is 29.8 Å². The first-order valence-corrected chi connectivity index (χ1v) is 7.70. The molecule has 0 aromatic heterocycles. The van der Waals surface area contributed by atoms with Crippen LogP contribution in [0.3, 0.4) is 0 Å². The highest BCUT2D eigenvalue weighted by Gasteiger charge is 2.43. The van der Waals surface area contributed by atoms with Crippen molar-refractivity contribution in [1.29, 1.82) is 0 Å². The van der Waals surface area contributed by atoms with E-state index in [9.17, 15) is 4.79 Å². The molecule has 120 valence electrons. The molecule has 6 heteroatoms. The van der Waals surface area contributed by atoms with Gasteiger partial charge < -0.3 is 21.2 Å². The summed E-state index contributed by atoms with van der Waals surface area (Å²) in [5.74, 6) is -0.0453. The summed E-state index contributed by atoms with van der Waals surface area (Å²) in [6, 6.07) is 8.00. The van der Waals surface area contributed by atoms with Gasteiger partial charge in [0.15, 0.2) is 0 Å². The van der Waals surface area contributed by atoms with Gasteiger partial charge in [0, 0.05) is 18.7 Å². The lowest BCUT2D eigenvalue weighted by molar-refractivity contribution is -0.121. The average Bonchev–Trinajstić information content (AvgIpc) is 2.90. The number of benzene rings is 1. The normalized spacial score (nSPS) is 22.1. The molecule has 6 nitrogen and oxygen atoms in total. The molecule has 0 radical (unpaired) electrons. The number of nitrogens with zero attached hydrogens (tertiary/aromatic N) is 2. The Morgan fingerprint density at radius 1 is 1.41 bits per heavy atom. The Morgan fingerprint density at radius 2 is 2.09 bits per heavy atom. The van der Waals surface area contributed by atoms with Crippen LogP contribution in [0.4, 0.5) is 5.69 Å². The van der Waals surface area contributed by atoms with Crippen LogP contribution in [0.25, 0.3) is 0 Å². The predicted octanol–water partition coefficient (Wildman–Crippen LogP) is 0.693. The molecule has 0 saturated heterocycles. The predicted molar refractivity (Wildman–Crippen MR) is 87.9 cm³/mol. The Kier molecular flexibility index (Phi) is 5.51. The Balaban J connectivity index is 0.000000545. The Hall–Kier alpha value is -1.92. The number of nitrogens with one attached hydrogen (secondary N) is 1. The minimum Gasteiger partial charge on any atom is -0.397 e. The van der Waals surface area contributed by atoms with Crippen LogP contribution in [0, 0.1) is 5.92 Å². The summed E-state index contributed by atoms with van der Waals surface area (Å²) in [6.07, 6.45) is 0.807. The number of aliphatic hydroxyl groups excluding tert-OH is 1. The highest BCUT2D eigenvalue weighted by molar-refractivity contribution is 6.24. The molecule has 2 aliphatic heterocycles. The molecule has 4 N–H and O–H groups in total. The zero-order valence-electron chi connectivity index (χ0n) is 13.1. The van der Waals surface area contributed by atoms with Gasteiger partial charge in [-0.1, -0.05) is 18.2 Å². The van der Waals surface area contributed by atoms with E-state index < -0.39 is 0 Å². The van der Waals surface area contributed by atoms with E-state index in [0.717, 1.165) is 23.4 Å². The van der Waals surface area contributed by atoms with Crippen molar-refractivity contribution in [2.75, 3.05) is 24.6 Å². The molecule has 22 heavy (non-hydrogen) atoms. The fourth-order valence-corrected chi connectivity index (χ4v) is 2.80. The highest BCUT2D eigenvalue weighted by atomic mass is 16.2. The second-order valence-corrected chi connectivity index (χ2v) is 5.36. The van der Waals surface area contributed by atoms with E-state index in [1.165, 1.54) is 0 Å². The van der Waals surface area contributed by atoms with Gasteiger partial charge in [0.2, 0.25) is 5.91 Å². The summed E-state index contributed by atoms with van der Waals surface area (Å²) < 4.78 is 0. The fourth-order valence-electron chi connectivity index (χ4n) is 2.80. The number of carbonyl (C=O) groups excluding carboxylic acids is 1. The summed E-state index contributed by atoms with van der Waals surface area (Å²) in [5.41, 5.74) is 11.5. The van der Waals surface area contributed by atoms with Crippen LogP contribution in [0.5, 0.6) is 0 Å². The van der Waals surface area contributed by atoms with Gasteiger partial charge in [-0.05, 0) is 32.9 Å². The van der Waals surface area contributed by atoms with Crippen molar-refractivity contribution in [2.45, 2.75) is 26.3 Å². The van der Waals surface area contributed by atoms with Gasteiger partial charge in [-0.2, -0.15) is 5.10 Å². The number of para-hydroxylation sites is 1. The van der Waals surface area contributed by atoms with Crippen LogP contribution in [-0.2, 0) is 4.79 Å². The molecule has 0 bridgehead atoms. The SMILES string of the molecule is CC1NN=C2c3ccccc3N(CCCN)C(=O)C21.CCO. The van der Waals surface area contributed by atoms with Crippen molar-refractivity contribution in [3.8, 4) is 0 Å². The smallest absolute Gasteiger partial charge is 0.238 e. The molecule has 0 fully saturated rings. The van der Waals surface area contributed by atoms with Gasteiger partial charge in [-0.15, -0.1) is 0 Å². The lowest BCUT2D eigenvalue weighted by atomic mass is 9.86. The van der Waals surface area contributed by atoms with Crippen LogP contribution >= 0.6 is 0 Å². The second kappa shape index (κ2) is 7.38. The maximum absolute atomic E-state index is 12.7. The van der Waals surface area contributed by atoms with Crippen molar-refractivity contribution in [2.24, 2.45) is 16.8 Å². The zero-order valence-corrected chi connectivity index (χ0v) is 13.1. The van der Waals surface area contributed by atoms with Crippen LogP contribution < -0.4 is 16.1 Å². The number of hydrogen-bond acceptors (Lipinski definition) is 5. The fraction of sp³-hybridized carbons (Fsp3) is 0.500. The third-order valence-electron chi connectivity index (χ3n) is 3.77. The van der Waals surface area contributed by atoms with Gasteiger partial charge in [-0.3, -0.25) is 4.79 Å². The maximum atomic E-state index is 12.7. The summed E-state index contributed by atoms with van der Waals surface area (Å²) in [6.45, 7) is 5.18. The topological polar surface area (TPSA) is 91.0 Å². The van der Waals surface area contributed by atoms with Crippen molar-refractivity contribution < 1.29 is 9.90 Å². The molecule has 0 saturated carbocycles. The van der Waals surface area contributed by atoms with E-state index in [-0.39, 0.29) is 24.5 Å². The van der Waals surface area contributed by atoms with E-state index in [1.54, 1.807) is 6.92 Å². The molecule has 1 aromatic carbocycles. The summed E-state index contributed by atoms with van der Waals surface area (Å²) in [5, 5.41) is 11.9. The number of amides is 1. The molecule has 2 unspecified atom stereocenters. The molecule has 2 aliphatic rings. The first-order valence-electron chi connectivity index (χ1n) is 7.70. The molecule has 2 atom stereocenters. The van der Waals surface area contributed by atoms with E-state index in [4.69, 9.17) is 10.8 Å². The molecule has 1 aromatic rings. The van der Waals surface area contributed by atoms with Crippen LogP contribution in [-0.4, -0.2) is 42.5 Å². The number of aliphatic hydroxyl groups is 1. The minimum atomic E-state index is -0.173. The van der Waals surface area contributed by atoms with Gasteiger partial charge in [0.25, 0.3) is 0 Å². The number of anilines is 1. The van der Waals surface area contributed by atoms with Gasteiger partial charge in [0.05, 0.1) is 17.4 Å². The zero-order chi connectivity index (χ0) is 16.1. The van der Waals surface area contributed by atoms with Crippen molar-refractivity contribution in [3.63, 3.8) is 0 Å². The molecule has 3 rings (SSSR count). The van der Waals surface area contributed by atoms with Crippen LogP contribution in [0.2, 0.25) is 0 Å². The second-order valence-electron chi connectivity index (χ2n) is 5.36. The lowest BCUT2D eigenvalue weighted by Crippen LogP contribution is -2.48. The highest BCUT2D eigenvalue weighted by Crippen LogP contribution is 2.34. The van der Waals surface area contributed by atoms with Gasteiger partial charge in [0.1, 0.15) is 5.92 Å². The minimum absolute atomic E-state index is 0.0521. The van der Waals surface area contributed by atoms with Crippen LogP contribution in [0.15, 0.2) is 29.4 Å². The molecule has 2 heterocycles. The number of carbonyl (C=O) groups is 1. The Morgan fingerprint density at radius 3 is 2.77 bits per heavy atom. The first-order chi connectivity index (χ1) is 10.7. The quantitative estimate of drug-likeness (QED) is 0.766. The summed E-state index contributed by atoms with van der Waals surface area (Å²) >= 11 is 0. The third kappa shape index (κ3) is 2.98. The number of rotatable bonds is 3. The van der Waals surface area contributed by atoms with Gasteiger partial charge in [-0.25, -0.2) is 0 Å². The Bertz CT molecular complexity index is 559. The average molecular weight is 304 g/mol. The molecular weight excluding hydrogens is 280 g/mol. The first kappa shape index (κ1) is 16.5. The van der Waals surface area contributed by atoms with Crippen molar-refractivity contribution in [1.82, 2.24) is 5.43 Å². The number of hydrogen-bond donors (Lipinski definition) is 3. The van der Waals surface area contributed by atoms with E-state index >= 15 is 0 Å².